The molecule has 112 valence electrons. The van der Waals surface area contributed by atoms with Crippen LogP contribution in [0.4, 0.5) is 0 Å². The lowest BCUT2D eigenvalue weighted by Gasteiger charge is -2.17. The minimum Gasteiger partial charge on any atom is -0.493 e. The maximum Gasteiger partial charge on any atom is 0.161 e. The van der Waals surface area contributed by atoms with Gasteiger partial charge in [-0.15, -0.1) is 0 Å². The van der Waals surface area contributed by atoms with Gasteiger partial charge in [0.15, 0.2) is 11.5 Å². The van der Waals surface area contributed by atoms with Crippen LogP contribution in [0.1, 0.15) is 17.9 Å². The number of hydrogen-bond acceptors (Lipinski definition) is 3. The van der Waals surface area contributed by atoms with Gasteiger partial charge in [-0.2, -0.15) is 0 Å². The van der Waals surface area contributed by atoms with Crippen molar-refractivity contribution in [2.24, 2.45) is 5.73 Å². The highest BCUT2D eigenvalue weighted by atomic mass is 79.9. The van der Waals surface area contributed by atoms with Gasteiger partial charge < -0.3 is 15.2 Å². The van der Waals surface area contributed by atoms with Gasteiger partial charge in [-0.1, -0.05) is 40.2 Å². The van der Waals surface area contributed by atoms with Gasteiger partial charge in [-0.25, -0.2) is 0 Å². The summed E-state index contributed by atoms with van der Waals surface area (Å²) in [4.78, 5) is 0. The van der Waals surface area contributed by atoms with Gasteiger partial charge in [0.1, 0.15) is 0 Å². The maximum atomic E-state index is 5.89. The number of halogens is 1. The molecule has 2 rings (SSSR count). The molecule has 0 bridgehead atoms. The number of benzene rings is 2. The summed E-state index contributed by atoms with van der Waals surface area (Å²) in [5.41, 5.74) is 7.13. The van der Waals surface area contributed by atoms with E-state index in [1.807, 2.05) is 36.4 Å². The van der Waals surface area contributed by atoms with Crippen LogP contribution in [0.25, 0.3) is 0 Å². The van der Waals surface area contributed by atoms with Gasteiger partial charge in [-0.05, 0) is 48.7 Å². The van der Waals surface area contributed by atoms with Crippen LogP contribution in [0.15, 0.2) is 53.0 Å². The molecule has 0 aliphatic rings. The predicted molar refractivity (Wildman–Crippen MR) is 89.0 cm³/mol. The van der Waals surface area contributed by atoms with E-state index in [-0.39, 0.29) is 5.92 Å². The van der Waals surface area contributed by atoms with E-state index in [2.05, 4.69) is 28.1 Å². The molecule has 0 radical (unpaired) electrons. The van der Waals surface area contributed by atoms with Crippen molar-refractivity contribution in [2.45, 2.75) is 12.3 Å². The summed E-state index contributed by atoms with van der Waals surface area (Å²) < 4.78 is 12.2. The predicted octanol–water partition coefficient (Wildman–Crippen LogP) is 3.97. The molecule has 1 unspecified atom stereocenters. The van der Waals surface area contributed by atoms with Crippen LogP contribution in [-0.4, -0.2) is 20.3 Å². The Labute approximate surface area is 134 Å². The Hall–Kier alpha value is -1.52. The van der Waals surface area contributed by atoms with E-state index in [9.17, 15) is 0 Å². The highest BCUT2D eigenvalue weighted by Gasteiger charge is 2.11. The second kappa shape index (κ2) is 8.05. The lowest BCUT2D eigenvalue weighted by atomic mass is 9.96. The quantitative estimate of drug-likeness (QED) is 0.822. The second-order valence-corrected chi connectivity index (χ2v) is 5.69. The topological polar surface area (TPSA) is 44.5 Å². The van der Waals surface area contributed by atoms with E-state index in [0.717, 1.165) is 22.4 Å². The molecule has 2 aromatic rings. The van der Waals surface area contributed by atoms with Crippen LogP contribution in [0, 0.1) is 0 Å². The highest BCUT2D eigenvalue weighted by molar-refractivity contribution is 9.10. The summed E-state index contributed by atoms with van der Waals surface area (Å²) >= 11 is 3.49. The van der Waals surface area contributed by atoms with E-state index >= 15 is 0 Å². The summed E-state index contributed by atoms with van der Waals surface area (Å²) in [6.45, 7) is 1.21. The van der Waals surface area contributed by atoms with Gasteiger partial charge in [0.25, 0.3) is 0 Å². The highest BCUT2D eigenvalue weighted by Crippen LogP contribution is 2.27. The van der Waals surface area contributed by atoms with Crippen molar-refractivity contribution in [1.29, 1.82) is 0 Å². The smallest absolute Gasteiger partial charge is 0.161 e. The van der Waals surface area contributed by atoms with Crippen LogP contribution in [0.3, 0.4) is 0 Å². The Morgan fingerprint density at radius 2 is 1.86 bits per heavy atom. The molecule has 0 saturated heterocycles. The summed E-state index contributed by atoms with van der Waals surface area (Å²) in [6.07, 6.45) is 0.866. The van der Waals surface area contributed by atoms with Gasteiger partial charge in [0.05, 0.1) is 13.7 Å². The molecule has 2 N–H and O–H groups in total. The molecule has 0 fully saturated rings. The molecule has 0 aliphatic carbocycles. The van der Waals surface area contributed by atoms with Crippen LogP contribution in [0.2, 0.25) is 0 Å². The molecule has 0 aromatic heterocycles. The van der Waals surface area contributed by atoms with Gasteiger partial charge in [-0.3, -0.25) is 0 Å². The van der Waals surface area contributed by atoms with E-state index < -0.39 is 0 Å². The fraction of sp³-hybridized carbons (Fsp3) is 0.294. The first-order chi connectivity index (χ1) is 10.2. The van der Waals surface area contributed by atoms with E-state index in [1.54, 1.807) is 7.11 Å². The molecular formula is C17H20BrNO2. The van der Waals surface area contributed by atoms with Gasteiger partial charge in [0.2, 0.25) is 0 Å². The van der Waals surface area contributed by atoms with E-state index in [0.29, 0.717) is 13.2 Å². The third-order valence-electron chi connectivity index (χ3n) is 3.40. The largest absolute Gasteiger partial charge is 0.493 e. The molecule has 0 saturated carbocycles. The third-order valence-corrected chi connectivity index (χ3v) is 3.89. The van der Waals surface area contributed by atoms with Crippen molar-refractivity contribution in [1.82, 2.24) is 0 Å². The molecule has 0 aliphatic heterocycles. The molecule has 3 nitrogen and oxygen atoms in total. The average Bonchev–Trinajstić information content (AvgIpc) is 2.52. The molecular weight excluding hydrogens is 330 g/mol. The average molecular weight is 350 g/mol. The molecule has 1 atom stereocenters. The zero-order valence-corrected chi connectivity index (χ0v) is 13.7. The third kappa shape index (κ3) is 4.48. The number of nitrogens with two attached hydrogens (primary N) is 1. The Morgan fingerprint density at radius 3 is 2.52 bits per heavy atom. The minimum atomic E-state index is 0.289. The Bertz CT molecular complexity index is 574. The summed E-state index contributed by atoms with van der Waals surface area (Å²) in [6, 6.07) is 15.9. The van der Waals surface area contributed by atoms with E-state index in [4.69, 9.17) is 15.2 Å². The molecule has 0 amide bonds. The number of ether oxygens (including phenoxy) is 2. The van der Waals surface area contributed by atoms with Crippen molar-refractivity contribution in [2.75, 3.05) is 20.3 Å². The second-order valence-electron chi connectivity index (χ2n) is 4.78. The molecule has 0 heterocycles. The van der Waals surface area contributed by atoms with Crippen molar-refractivity contribution < 1.29 is 9.47 Å². The monoisotopic (exact) mass is 349 g/mol. The lowest BCUT2D eigenvalue weighted by Crippen LogP contribution is -2.15. The molecule has 21 heavy (non-hydrogen) atoms. The van der Waals surface area contributed by atoms with Crippen LogP contribution in [-0.2, 0) is 0 Å². The van der Waals surface area contributed by atoms with Crippen molar-refractivity contribution in [3.8, 4) is 11.5 Å². The van der Waals surface area contributed by atoms with Crippen LogP contribution < -0.4 is 15.2 Å². The molecule has 2 aromatic carbocycles. The number of para-hydroxylation sites is 2. The molecule has 0 spiro atoms. The summed E-state index contributed by atoms with van der Waals surface area (Å²) in [5, 5.41) is 0. The van der Waals surface area contributed by atoms with Crippen LogP contribution in [0.5, 0.6) is 11.5 Å². The van der Waals surface area contributed by atoms with Gasteiger partial charge >= 0.3 is 0 Å². The first-order valence-corrected chi connectivity index (χ1v) is 7.75. The van der Waals surface area contributed by atoms with Crippen molar-refractivity contribution >= 4 is 15.9 Å². The van der Waals surface area contributed by atoms with Gasteiger partial charge in [0, 0.05) is 4.47 Å². The zero-order chi connectivity index (χ0) is 15.1. The Morgan fingerprint density at radius 1 is 1.10 bits per heavy atom. The number of methoxy groups -OCH3 is 1. The minimum absolute atomic E-state index is 0.289. The lowest BCUT2D eigenvalue weighted by molar-refractivity contribution is 0.280. The first kappa shape index (κ1) is 15.9. The van der Waals surface area contributed by atoms with Crippen molar-refractivity contribution in [3.63, 3.8) is 0 Å². The first-order valence-electron chi connectivity index (χ1n) is 6.96. The fourth-order valence-electron chi connectivity index (χ4n) is 2.23. The number of rotatable bonds is 7. The van der Waals surface area contributed by atoms with Crippen molar-refractivity contribution in [3.05, 3.63) is 58.6 Å². The fourth-order valence-corrected chi connectivity index (χ4v) is 2.65. The zero-order valence-electron chi connectivity index (χ0n) is 12.1. The Kier molecular flexibility index (Phi) is 6.08. The van der Waals surface area contributed by atoms with E-state index in [1.165, 1.54) is 5.56 Å². The summed E-state index contributed by atoms with van der Waals surface area (Å²) in [5.74, 6) is 1.81. The maximum absolute atomic E-state index is 5.89. The van der Waals surface area contributed by atoms with Crippen LogP contribution >= 0.6 is 15.9 Å². The SMILES string of the molecule is COc1ccccc1OCCC(CN)c1cccc(Br)c1. The standard InChI is InChI=1S/C17H20BrNO2/c1-20-16-7-2-3-8-17(16)21-10-9-14(12-19)13-5-4-6-15(18)11-13/h2-8,11,14H,9-10,12,19H2,1H3. The summed E-state index contributed by atoms with van der Waals surface area (Å²) in [7, 11) is 1.65. The molecule has 4 heteroatoms. The Balaban J connectivity index is 1.95. The normalized spacial score (nSPS) is 12.0. The number of hydrogen-bond donors (Lipinski definition) is 1.